The molecule has 1 atom stereocenters. The molecule has 2 heterocycles. The number of thioether (sulfide) groups is 1. The molecule has 1 aliphatic rings. The Bertz CT molecular complexity index is 929. The molecule has 1 aromatic heterocycles. The van der Waals surface area contributed by atoms with E-state index in [1.54, 1.807) is 0 Å². The van der Waals surface area contributed by atoms with Gasteiger partial charge < -0.3 is 20.5 Å². The second-order valence-electron chi connectivity index (χ2n) is 6.90. The molecule has 0 unspecified atom stereocenters. The largest absolute Gasteiger partial charge is 0.490 e. The van der Waals surface area contributed by atoms with Gasteiger partial charge in [0.15, 0.2) is 16.7 Å². The highest BCUT2D eigenvalue weighted by molar-refractivity contribution is 7.99. The van der Waals surface area contributed by atoms with Crippen molar-refractivity contribution in [3.05, 3.63) is 35.5 Å². The second-order valence-corrected chi connectivity index (χ2v) is 7.84. The lowest BCUT2D eigenvalue weighted by Crippen LogP contribution is -2.33. The van der Waals surface area contributed by atoms with Crippen LogP contribution in [0.4, 0.5) is 5.82 Å². The zero-order chi connectivity index (χ0) is 20.8. The molecular formula is C20H23N5O3S. The molecule has 9 heteroatoms. The fourth-order valence-corrected chi connectivity index (χ4v) is 3.52. The number of carbonyl (C=O) groups is 1. The Balaban J connectivity index is 1.66. The third-order valence-corrected chi connectivity index (χ3v) is 5.22. The molecule has 8 nitrogen and oxygen atoms in total. The van der Waals surface area contributed by atoms with Crippen LogP contribution in [0.3, 0.4) is 0 Å². The Morgan fingerprint density at radius 1 is 1.34 bits per heavy atom. The number of nitrogens with zero attached hydrogens (tertiary/aromatic N) is 3. The van der Waals surface area contributed by atoms with Gasteiger partial charge in [-0.05, 0) is 23.6 Å². The molecule has 1 aliphatic heterocycles. The van der Waals surface area contributed by atoms with Crippen molar-refractivity contribution in [3.8, 4) is 17.6 Å². The first-order valence-electron chi connectivity index (χ1n) is 9.32. The maximum absolute atomic E-state index is 12.5. The van der Waals surface area contributed by atoms with Crippen molar-refractivity contribution in [1.82, 2.24) is 15.3 Å². The zero-order valence-corrected chi connectivity index (χ0v) is 17.2. The van der Waals surface area contributed by atoms with Crippen molar-refractivity contribution in [2.24, 2.45) is 5.92 Å². The maximum atomic E-state index is 12.5. The minimum Gasteiger partial charge on any atom is -0.490 e. The van der Waals surface area contributed by atoms with E-state index in [1.165, 1.54) is 18.0 Å². The first-order chi connectivity index (χ1) is 14.0. The summed E-state index contributed by atoms with van der Waals surface area (Å²) in [5.41, 5.74) is 6.87. The average Bonchev–Trinajstić information content (AvgIpc) is 2.95. The van der Waals surface area contributed by atoms with E-state index >= 15 is 0 Å². The normalized spacial score (nSPS) is 14.0. The van der Waals surface area contributed by atoms with E-state index in [0.717, 1.165) is 17.7 Å². The van der Waals surface area contributed by atoms with Crippen LogP contribution >= 0.6 is 11.8 Å². The smallest absolute Gasteiger partial charge is 0.230 e. The van der Waals surface area contributed by atoms with Crippen molar-refractivity contribution < 1.29 is 14.3 Å². The number of ether oxygens (including phenoxy) is 2. The minimum atomic E-state index is -0.174. The topological polar surface area (TPSA) is 123 Å². The molecule has 0 bridgehead atoms. The first kappa shape index (κ1) is 20.7. The molecule has 0 saturated heterocycles. The molecule has 0 saturated carbocycles. The molecule has 29 heavy (non-hydrogen) atoms. The number of hydrogen-bond donors (Lipinski definition) is 2. The van der Waals surface area contributed by atoms with Gasteiger partial charge in [0.2, 0.25) is 5.91 Å². The van der Waals surface area contributed by atoms with Gasteiger partial charge in [0.25, 0.3) is 0 Å². The molecule has 3 N–H and O–H groups in total. The Morgan fingerprint density at radius 2 is 2.10 bits per heavy atom. The van der Waals surface area contributed by atoms with Crippen LogP contribution in [-0.2, 0) is 4.79 Å². The fourth-order valence-electron chi connectivity index (χ4n) is 2.89. The standard InChI is InChI=1S/C20H23N5O3S/c1-12(2)18(13-4-5-15-16(8-13)28-7-3-6-27-15)24-17(26)11-29-20-23-10-14(9-21)19(22)25-20/h4-5,8,10,12,18H,3,6-7,11H2,1-2H3,(H,24,26)(H2,22,23,25)/t18-/m1/s1. The predicted octanol–water partition coefficient (Wildman–Crippen LogP) is 2.70. The van der Waals surface area contributed by atoms with E-state index in [4.69, 9.17) is 20.5 Å². The lowest BCUT2D eigenvalue weighted by Gasteiger charge is -2.23. The number of nitriles is 1. The Labute approximate surface area is 173 Å². The molecule has 1 amide bonds. The third-order valence-electron chi connectivity index (χ3n) is 4.36. The molecule has 152 valence electrons. The number of amides is 1. The van der Waals surface area contributed by atoms with Crippen LogP contribution in [-0.4, -0.2) is 34.8 Å². The van der Waals surface area contributed by atoms with Crippen LogP contribution in [0.2, 0.25) is 0 Å². The van der Waals surface area contributed by atoms with Crippen molar-refractivity contribution in [2.45, 2.75) is 31.5 Å². The summed E-state index contributed by atoms with van der Waals surface area (Å²) >= 11 is 1.17. The third kappa shape index (κ3) is 5.29. The highest BCUT2D eigenvalue weighted by Gasteiger charge is 2.21. The van der Waals surface area contributed by atoms with E-state index in [0.29, 0.717) is 24.1 Å². The molecule has 3 rings (SSSR count). The molecule has 0 fully saturated rings. The Hall–Kier alpha value is -2.99. The molecule has 1 aromatic carbocycles. The summed E-state index contributed by atoms with van der Waals surface area (Å²) < 4.78 is 11.4. The summed E-state index contributed by atoms with van der Waals surface area (Å²) in [5.74, 6) is 1.71. The first-order valence-corrected chi connectivity index (χ1v) is 10.3. The quantitative estimate of drug-likeness (QED) is 0.547. The van der Waals surface area contributed by atoms with Gasteiger partial charge >= 0.3 is 0 Å². The van der Waals surface area contributed by atoms with Gasteiger partial charge in [0.05, 0.1) is 31.2 Å². The van der Waals surface area contributed by atoms with Crippen LogP contribution in [0.1, 0.15) is 37.4 Å². The molecule has 2 aromatic rings. The monoisotopic (exact) mass is 413 g/mol. The predicted molar refractivity (Wildman–Crippen MR) is 110 cm³/mol. The number of fused-ring (bicyclic) bond motifs is 1. The highest BCUT2D eigenvalue weighted by atomic mass is 32.2. The number of nitrogens with two attached hydrogens (primary N) is 1. The summed E-state index contributed by atoms with van der Waals surface area (Å²) in [7, 11) is 0. The van der Waals surface area contributed by atoms with Crippen molar-refractivity contribution >= 4 is 23.5 Å². The van der Waals surface area contributed by atoms with Crippen LogP contribution in [0, 0.1) is 17.2 Å². The minimum absolute atomic E-state index is 0.109. The van der Waals surface area contributed by atoms with Crippen LogP contribution in [0.15, 0.2) is 29.6 Å². The van der Waals surface area contributed by atoms with Gasteiger partial charge in [-0.15, -0.1) is 0 Å². The second kappa shape index (κ2) is 9.47. The van der Waals surface area contributed by atoms with Gasteiger partial charge in [-0.3, -0.25) is 4.79 Å². The summed E-state index contributed by atoms with van der Waals surface area (Å²) in [6.45, 7) is 5.34. The van der Waals surface area contributed by atoms with Gasteiger partial charge in [-0.1, -0.05) is 31.7 Å². The number of aromatic nitrogens is 2. The van der Waals surface area contributed by atoms with E-state index in [2.05, 4.69) is 15.3 Å². The SMILES string of the molecule is CC(C)[C@@H](NC(=O)CSc1ncc(C#N)c(N)n1)c1ccc2c(c1)OCCCO2. The number of carbonyl (C=O) groups excluding carboxylic acids is 1. The van der Waals surface area contributed by atoms with E-state index in [-0.39, 0.29) is 35.0 Å². The lowest BCUT2D eigenvalue weighted by atomic mass is 9.95. The van der Waals surface area contributed by atoms with Crippen molar-refractivity contribution in [3.63, 3.8) is 0 Å². The number of nitrogens with one attached hydrogen (secondary N) is 1. The maximum Gasteiger partial charge on any atom is 0.230 e. The van der Waals surface area contributed by atoms with Crippen LogP contribution < -0.4 is 20.5 Å². The molecule has 0 aliphatic carbocycles. The number of nitrogen functional groups attached to an aromatic ring is 1. The summed E-state index contributed by atoms with van der Waals surface area (Å²) in [6, 6.07) is 7.51. The Morgan fingerprint density at radius 3 is 2.79 bits per heavy atom. The summed E-state index contributed by atoms with van der Waals surface area (Å²) in [6.07, 6.45) is 2.20. The number of anilines is 1. The lowest BCUT2D eigenvalue weighted by molar-refractivity contribution is -0.119. The van der Waals surface area contributed by atoms with Crippen LogP contribution in [0.5, 0.6) is 11.5 Å². The van der Waals surface area contributed by atoms with Gasteiger partial charge in [-0.2, -0.15) is 5.26 Å². The number of benzene rings is 1. The van der Waals surface area contributed by atoms with Crippen molar-refractivity contribution in [1.29, 1.82) is 5.26 Å². The summed E-state index contributed by atoms with van der Waals surface area (Å²) in [5, 5.41) is 12.3. The van der Waals surface area contributed by atoms with Crippen LogP contribution in [0.25, 0.3) is 0 Å². The average molecular weight is 414 g/mol. The van der Waals surface area contributed by atoms with E-state index in [9.17, 15) is 4.79 Å². The van der Waals surface area contributed by atoms with E-state index < -0.39 is 0 Å². The van der Waals surface area contributed by atoms with Gasteiger partial charge in [-0.25, -0.2) is 9.97 Å². The Kier molecular flexibility index (Phi) is 6.77. The molecule has 0 radical (unpaired) electrons. The van der Waals surface area contributed by atoms with Crippen molar-refractivity contribution in [2.75, 3.05) is 24.7 Å². The molecular weight excluding hydrogens is 390 g/mol. The number of hydrogen-bond acceptors (Lipinski definition) is 8. The summed E-state index contributed by atoms with van der Waals surface area (Å²) in [4.78, 5) is 20.6. The van der Waals surface area contributed by atoms with Gasteiger partial charge in [0.1, 0.15) is 17.5 Å². The fraction of sp³-hybridized carbons (Fsp3) is 0.400. The molecule has 0 spiro atoms. The zero-order valence-electron chi connectivity index (χ0n) is 16.3. The number of rotatable bonds is 6. The van der Waals surface area contributed by atoms with Gasteiger partial charge in [0, 0.05) is 6.42 Å². The van der Waals surface area contributed by atoms with E-state index in [1.807, 2.05) is 38.1 Å². The highest BCUT2D eigenvalue weighted by Crippen LogP contribution is 2.34.